The molecule has 1 aliphatic heterocycles. The largest absolute Gasteiger partial charge is 0.493 e. The van der Waals surface area contributed by atoms with E-state index in [-0.39, 0.29) is 16.4 Å². The molecule has 3 aromatic rings. The number of thioether (sulfide) groups is 1. The van der Waals surface area contributed by atoms with Crippen LogP contribution in [0.2, 0.25) is 0 Å². The molecule has 1 saturated heterocycles. The number of thiazole rings is 1. The van der Waals surface area contributed by atoms with Crippen LogP contribution >= 0.6 is 23.1 Å². The quantitative estimate of drug-likeness (QED) is 0.486. The van der Waals surface area contributed by atoms with Gasteiger partial charge in [-0.1, -0.05) is 36.4 Å². The van der Waals surface area contributed by atoms with Gasteiger partial charge >= 0.3 is 0 Å². The molecule has 1 fully saturated rings. The highest BCUT2D eigenvalue weighted by Gasteiger charge is 2.30. The van der Waals surface area contributed by atoms with Gasteiger partial charge in [0, 0.05) is 22.7 Å². The van der Waals surface area contributed by atoms with Gasteiger partial charge in [-0.2, -0.15) is 0 Å². The van der Waals surface area contributed by atoms with Crippen LogP contribution in [-0.4, -0.2) is 28.5 Å². The van der Waals surface area contributed by atoms with E-state index in [1.807, 2.05) is 53.9 Å². The molecule has 2 aromatic carbocycles. The van der Waals surface area contributed by atoms with Gasteiger partial charge in [0.2, 0.25) is 5.12 Å². The summed E-state index contributed by atoms with van der Waals surface area (Å²) < 4.78 is 11.5. The minimum Gasteiger partial charge on any atom is -0.493 e. The lowest BCUT2D eigenvalue weighted by atomic mass is 10.0. The number of nitrogens with one attached hydrogen (secondary N) is 1. The van der Waals surface area contributed by atoms with Gasteiger partial charge in [0.25, 0.3) is 5.24 Å². The molecule has 4 rings (SSSR count). The molecule has 2 heterocycles. The first-order chi connectivity index (χ1) is 15.1. The summed E-state index contributed by atoms with van der Waals surface area (Å²) in [6.07, 6.45) is 2.21. The summed E-state index contributed by atoms with van der Waals surface area (Å²) in [5.74, 6) is 1.33. The van der Waals surface area contributed by atoms with Crippen LogP contribution in [0.3, 0.4) is 0 Å². The molecule has 1 amide bonds. The van der Waals surface area contributed by atoms with Crippen LogP contribution in [0, 0.1) is 0 Å². The van der Waals surface area contributed by atoms with Crippen LogP contribution in [0.15, 0.2) is 53.9 Å². The van der Waals surface area contributed by atoms with Crippen molar-refractivity contribution in [3.63, 3.8) is 0 Å². The first kappa shape index (κ1) is 21.4. The number of carbonyl (C=O) groups excluding carboxylic acids is 2. The Morgan fingerprint density at radius 2 is 1.94 bits per heavy atom. The zero-order valence-electron chi connectivity index (χ0n) is 17.0. The third-order valence-corrected chi connectivity index (χ3v) is 6.63. The minimum atomic E-state index is -0.374. The molecular formula is C23H22N2O4S2. The van der Waals surface area contributed by atoms with E-state index in [0.29, 0.717) is 24.5 Å². The first-order valence-corrected chi connectivity index (χ1v) is 11.6. The molecule has 1 N–H and O–H groups in total. The van der Waals surface area contributed by atoms with Crippen molar-refractivity contribution in [3.8, 4) is 22.1 Å². The molecular weight excluding hydrogens is 432 g/mol. The predicted octanol–water partition coefficient (Wildman–Crippen LogP) is 5.07. The van der Waals surface area contributed by atoms with E-state index >= 15 is 0 Å². The molecule has 8 heteroatoms. The molecule has 6 nitrogen and oxygen atoms in total. The molecule has 0 spiro atoms. The van der Waals surface area contributed by atoms with Crippen LogP contribution in [0.1, 0.15) is 24.1 Å². The Kier molecular flexibility index (Phi) is 6.89. The maximum Gasteiger partial charge on any atom is 0.287 e. The van der Waals surface area contributed by atoms with E-state index in [1.165, 1.54) is 0 Å². The van der Waals surface area contributed by atoms with Crippen molar-refractivity contribution < 1.29 is 19.1 Å². The number of ether oxygens (including phenoxy) is 2. The van der Waals surface area contributed by atoms with Crippen LogP contribution in [-0.2, 0) is 17.8 Å². The number of benzene rings is 2. The van der Waals surface area contributed by atoms with Crippen molar-refractivity contribution in [1.82, 2.24) is 10.3 Å². The molecule has 0 saturated carbocycles. The number of carbonyl (C=O) groups is 2. The highest BCUT2D eigenvalue weighted by Crippen LogP contribution is 2.30. The number of hydrogen-bond donors (Lipinski definition) is 1. The molecule has 1 aromatic heterocycles. The summed E-state index contributed by atoms with van der Waals surface area (Å²) in [5.41, 5.74) is 3.06. The zero-order valence-corrected chi connectivity index (χ0v) is 18.6. The molecule has 1 unspecified atom stereocenters. The lowest BCUT2D eigenvalue weighted by molar-refractivity contribution is -0.112. The monoisotopic (exact) mass is 454 g/mol. The average molecular weight is 455 g/mol. The molecule has 0 bridgehead atoms. The molecule has 0 radical (unpaired) electrons. The fraction of sp³-hybridized carbons (Fsp3) is 0.261. The summed E-state index contributed by atoms with van der Waals surface area (Å²) in [7, 11) is 1.62. The maximum absolute atomic E-state index is 11.7. The summed E-state index contributed by atoms with van der Waals surface area (Å²) >= 11 is 2.35. The van der Waals surface area contributed by atoms with Gasteiger partial charge in [-0.15, -0.1) is 11.3 Å². The predicted molar refractivity (Wildman–Crippen MR) is 123 cm³/mol. The minimum absolute atomic E-state index is 0.0937. The van der Waals surface area contributed by atoms with E-state index in [2.05, 4.69) is 10.3 Å². The van der Waals surface area contributed by atoms with Gasteiger partial charge in [-0.3, -0.25) is 9.59 Å². The fourth-order valence-corrected chi connectivity index (χ4v) is 4.83. The molecule has 1 atom stereocenters. The van der Waals surface area contributed by atoms with Crippen LogP contribution in [0.4, 0.5) is 4.79 Å². The van der Waals surface area contributed by atoms with Gasteiger partial charge in [0.05, 0.1) is 18.8 Å². The first-order valence-electron chi connectivity index (χ1n) is 9.94. The van der Waals surface area contributed by atoms with Crippen molar-refractivity contribution in [2.24, 2.45) is 0 Å². The van der Waals surface area contributed by atoms with E-state index in [4.69, 9.17) is 9.47 Å². The second-order valence-corrected chi connectivity index (χ2v) is 8.92. The lowest BCUT2D eigenvalue weighted by Crippen LogP contribution is -2.28. The van der Waals surface area contributed by atoms with Crippen molar-refractivity contribution in [2.75, 3.05) is 7.11 Å². The third-order valence-electron chi connectivity index (χ3n) is 4.90. The van der Waals surface area contributed by atoms with Gasteiger partial charge in [0.1, 0.15) is 11.6 Å². The van der Waals surface area contributed by atoms with E-state index in [9.17, 15) is 9.59 Å². The van der Waals surface area contributed by atoms with E-state index in [0.717, 1.165) is 46.4 Å². The summed E-state index contributed by atoms with van der Waals surface area (Å²) in [5, 5.41) is 5.32. The van der Waals surface area contributed by atoms with Crippen molar-refractivity contribution >= 4 is 33.5 Å². The van der Waals surface area contributed by atoms with Crippen molar-refractivity contribution in [1.29, 1.82) is 0 Å². The third kappa shape index (κ3) is 5.45. The van der Waals surface area contributed by atoms with Crippen molar-refractivity contribution in [3.05, 3.63) is 65.2 Å². The lowest BCUT2D eigenvalue weighted by Gasteiger charge is -2.12. The Hall–Kier alpha value is -2.84. The fourth-order valence-electron chi connectivity index (χ4n) is 3.32. The number of hydrogen-bond acceptors (Lipinski definition) is 7. The second kappa shape index (κ2) is 9.98. The molecule has 0 aliphatic carbocycles. The number of amides is 1. The Bertz CT molecular complexity index is 1070. The number of nitrogens with zero attached hydrogens (tertiary/aromatic N) is 1. The van der Waals surface area contributed by atoms with E-state index < -0.39 is 0 Å². The Morgan fingerprint density at radius 3 is 2.68 bits per heavy atom. The van der Waals surface area contributed by atoms with Gasteiger partial charge < -0.3 is 14.8 Å². The smallest absolute Gasteiger partial charge is 0.287 e. The van der Waals surface area contributed by atoms with Gasteiger partial charge in [0.15, 0.2) is 11.5 Å². The zero-order chi connectivity index (χ0) is 21.6. The van der Waals surface area contributed by atoms with Crippen LogP contribution in [0.5, 0.6) is 11.5 Å². The van der Waals surface area contributed by atoms with E-state index in [1.54, 1.807) is 18.4 Å². The van der Waals surface area contributed by atoms with Crippen LogP contribution < -0.4 is 14.8 Å². The molecule has 1 aliphatic rings. The normalized spacial score (nSPS) is 15.7. The van der Waals surface area contributed by atoms with Crippen molar-refractivity contribution in [2.45, 2.75) is 31.9 Å². The second-order valence-electron chi connectivity index (χ2n) is 7.08. The highest BCUT2D eigenvalue weighted by molar-refractivity contribution is 8.26. The Labute approximate surface area is 189 Å². The highest BCUT2D eigenvalue weighted by atomic mass is 32.2. The number of methoxy groups -OCH3 is 1. The summed E-state index contributed by atoms with van der Waals surface area (Å²) in [4.78, 5) is 27.6. The number of aryl methyl sites for hydroxylation is 1. The summed E-state index contributed by atoms with van der Waals surface area (Å²) in [6, 6.07) is 15.6. The standard InChI is InChI=1S/C23H22N2O4S2/c1-28-20-12-15(6-5-9-18-22(26)31-23(27)25-18)10-11-19(20)29-13-17-14-30-21(24-17)16-7-3-2-4-8-16/h2-4,7-8,10-12,14,18H,5-6,9,13H2,1H3,(H,25,27). The Morgan fingerprint density at radius 1 is 1.10 bits per heavy atom. The van der Waals surface area contributed by atoms with Gasteiger partial charge in [-0.05, 0) is 37.0 Å². The Balaban J connectivity index is 1.32. The maximum atomic E-state index is 11.7. The number of aromatic nitrogens is 1. The van der Waals surface area contributed by atoms with Crippen LogP contribution in [0.25, 0.3) is 10.6 Å². The summed E-state index contributed by atoms with van der Waals surface area (Å²) in [6.45, 7) is 0.361. The number of rotatable bonds is 9. The van der Waals surface area contributed by atoms with Gasteiger partial charge in [-0.25, -0.2) is 4.98 Å². The molecule has 160 valence electrons. The average Bonchev–Trinajstić information content (AvgIpc) is 3.39. The topological polar surface area (TPSA) is 77.5 Å². The molecule has 31 heavy (non-hydrogen) atoms. The SMILES string of the molecule is COc1cc(CCCC2NC(=O)SC2=O)ccc1OCc1csc(-c2ccccc2)n1.